The lowest BCUT2D eigenvalue weighted by Gasteiger charge is -2.43. The summed E-state index contributed by atoms with van der Waals surface area (Å²) in [5, 5.41) is 38.9. The average molecular weight is 484 g/mol. The Hall–Kier alpha value is -2.17. The fourth-order valence-electron chi connectivity index (χ4n) is 3.90. The van der Waals surface area contributed by atoms with Gasteiger partial charge in [-0.1, -0.05) is 34.5 Å². The first-order valence-electron chi connectivity index (χ1n) is 10.2. The van der Waals surface area contributed by atoms with Crippen LogP contribution in [0.5, 0.6) is 0 Å². The topological polar surface area (TPSA) is 127 Å². The molecule has 5 atom stereocenters. The van der Waals surface area contributed by atoms with Gasteiger partial charge in [-0.25, -0.2) is 9.48 Å². The van der Waals surface area contributed by atoms with Crippen molar-refractivity contribution in [2.45, 2.75) is 55.6 Å². The van der Waals surface area contributed by atoms with E-state index in [9.17, 15) is 15.0 Å². The molecule has 32 heavy (non-hydrogen) atoms. The Morgan fingerprint density at radius 1 is 1.28 bits per heavy atom. The van der Waals surface area contributed by atoms with Gasteiger partial charge < -0.3 is 24.8 Å². The molecule has 2 fully saturated rings. The monoisotopic (exact) mass is 483 g/mol. The van der Waals surface area contributed by atoms with Crippen LogP contribution in [0.2, 0.25) is 10.0 Å². The molecule has 1 saturated heterocycles. The van der Waals surface area contributed by atoms with E-state index >= 15 is 0 Å². The molecule has 1 aliphatic heterocycles. The number of aliphatic hydroxyl groups is 2. The van der Waals surface area contributed by atoms with Crippen molar-refractivity contribution in [3.63, 3.8) is 0 Å². The number of benzene rings is 1. The zero-order chi connectivity index (χ0) is 22.8. The van der Waals surface area contributed by atoms with E-state index in [0.717, 1.165) is 36.4 Å². The number of halogens is 2. The maximum absolute atomic E-state index is 11.0. The fourth-order valence-corrected chi connectivity index (χ4v) is 4.22. The van der Waals surface area contributed by atoms with Crippen LogP contribution in [0, 0.1) is 0 Å². The van der Waals surface area contributed by atoms with Gasteiger partial charge in [0.25, 0.3) is 0 Å². The van der Waals surface area contributed by atoms with Crippen LogP contribution in [0.3, 0.4) is 0 Å². The first-order chi connectivity index (χ1) is 15.4. The van der Waals surface area contributed by atoms with Crippen LogP contribution in [0.4, 0.5) is 0 Å². The van der Waals surface area contributed by atoms with Crippen molar-refractivity contribution < 1.29 is 29.6 Å². The van der Waals surface area contributed by atoms with Crippen molar-refractivity contribution in [3.05, 3.63) is 58.0 Å². The Bertz CT molecular complexity index is 996. The second kappa shape index (κ2) is 9.76. The molecule has 2 heterocycles. The molecule has 1 saturated carbocycles. The predicted molar refractivity (Wildman–Crippen MR) is 115 cm³/mol. The van der Waals surface area contributed by atoms with Gasteiger partial charge >= 0.3 is 5.97 Å². The number of aromatic nitrogens is 3. The van der Waals surface area contributed by atoms with E-state index in [-0.39, 0.29) is 0 Å². The molecule has 0 bridgehead atoms. The van der Waals surface area contributed by atoms with E-state index in [1.54, 1.807) is 24.4 Å². The smallest absolute Gasteiger partial charge is 0.331 e. The Balaban J connectivity index is 1.67. The summed E-state index contributed by atoms with van der Waals surface area (Å²) >= 11 is 12.2. The van der Waals surface area contributed by atoms with Crippen LogP contribution in [0.25, 0.3) is 0 Å². The standard InChI is InChI=1S/C21H23Cl2N3O6/c22-13-4-1-11(7-14(13)23)8-16-21(31-6-5-18(28)29)19(20(30)17(10-27)32-16)26-9-15(24-25-26)12-2-3-12/h1,4-7,9,12,16-17,19-21,27,30H,2-3,8,10H2,(H,28,29)/b6-5+/t16-,17-,19+,20+,21+/m1/s1. The number of aliphatic carboxylic acids is 1. The number of aliphatic hydroxyl groups excluding tert-OH is 2. The maximum atomic E-state index is 11.0. The summed E-state index contributed by atoms with van der Waals surface area (Å²) in [7, 11) is 0. The summed E-state index contributed by atoms with van der Waals surface area (Å²) in [5.41, 5.74) is 1.62. The third kappa shape index (κ3) is 5.07. The molecular weight excluding hydrogens is 461 g/mol. The van der Waals surface area contributed by atoms with Gasteiger partial charge in [-0.05, 0) is 30.5 Å². The van der Waals surface area contributed by atoms with Gasteiger partial charge in [0.15, 0.2) is 0 Å². The van der Waals surface area contributed by atoms with E-state index in [0.29, 0.717) is 22.4 Å². The van der Waals surface area contributed by atoms with Crippen molar-refractivity contribution in [2.24, 2.45) is 0 Å². The molecule has 172 valence electrons. The highest BCUT2D eigenvalue weighted by atomic mass is 35.5. The first-order valence-corrected chi connectivity index (χ1v) is 11.0. The summed E-state index contributed by atoms with van der Waals surface area (Å²) in [5.74, 6) is -0.822. The Morgan fingerprint density at radius 2 is 2.06 bits per heavy atom. The normalized spacial score (nSPS) is 28.2. The van der Waals surface area contributed by atoms with Crippen LogP contribution in [0.15, 0.2) is 36.7 Å². The number of carboxylic acid groups (broad SMARTS) is 1. The van der Waals surface area contributed by atoms with Crippen LogP contribution in [0.1, 0.15) is 36.1 Å². The zero-order valence-electron chi connectivity index (χ0n) is 16.9. The van der Waals surface area contributed by atoms with E-state index in [4.69, 9.17) is 37.8 Å². The number of rotatable bonds is 8. The molecule has 1 aromatic heterocycles. The lowest BCUT2D eigenvalue weighted by atomic mass is 9.89. The molecule has 0 unspecified atom stereocenters. The Labute approximate surface area is 194 Å². The van der Waals surface area contributed by atoms with Crippen molar-refractivity contribution in [1.29, 1.82) is 0 Å². The predicted octanol–water partition coefficient (Wildman–Crippen LogP) is 2.35. The lowest BCUT2D eigenvalue weighted by Crippen LogP contribution is -2.57. The average Bonchev–Trinajstić information content (AvgIpc) is 3.50. The second-order valence-corrected chi connectivity index (χ2v) is 8.78. The number of hydrogen-bond acceptors (Lipinski definition) is 7. The summed E-state index contributed by atoms with van der Waals surface area (Å²) < 4.78 is 13.3. The summed E-state index contributed by atoms with van der Waals surface area (Å²) in [6, 6.07) is 4.38. The fraction of sp³-hybridized carbons (Fsp3) is 0.476. The molecule has 0 amide bonds. The summed E-state index contributed by atoms with van der Waals surface area (Å²) in [4.78, 5) is 10.9. The van der Waals surface area contributed by atoms with Crippen LogP contribution in [-0.2, 0) is 20.7 Å². The van der Waals surface area contributed by atoms with Crippen LogP contribution in [-0.4, -0.2) is 67.3 Å². The maximum Gasteiger partial charge on any atom is 0.331 e. The minimum atomic E-state index is -1.18. The molecule has 0 radical (unpaired) electrons. The molecular formula is C21H23Cl2N3O6. The van der Waals surface area contributed by atoms with Crippen LogP contribution >= 0.6 is 23.2 Å². The van der Waals surface area contributed by atoms with Gasteiger partial charge in [-0.15, -0.1) is 5.10 Å². The molecule has 4 rings (SSSR count). The quantitative estimate of drug-likeness (QED) is 0.385. The van der Waals surface area contributed by atoms with Crippen LogP contribution < -0.4 is 0 Å². The van der Waals surface area contributed by atoms with Crippen molar-refractivity contribution >= 4 is 29.2 Å². The van der Waals surface area contributed by atoms with Gasteiger partial charge in [0, 0.05) is 18.5 Å². The molecule has 11 heteroatoms. The molecule has 3 N–H and O–H groups in total. The molecule has 9 nitrogen and oxygen atoms in total. The van der Waals surface area contributed by atoms with E-state index in [1.807, 2.05) is 0 Å². The number of ether oxygens (including phenoxy) is 2. The summed E-state index contributed by atoms with van der Waals surface area (Å²) in [6.45, 7) is -0.419. The van der Waals surface area contributed by atoms with Crippen molar-refractivity contribution in [2.75, 3.05) is 6.61 Å². The van der Waals surface area contributed by atoms with Gasteiger partial charge in [0.05, 0.1) is 34.7 Å². The number of carboxylic acids is 1. The van der Waals surface area contributed by atoms with E-state index in [2.05, 4.69) is 10.3 Å². The minimum Gasteiger partial charge on any atom is -0.493 e. The highest BCUT2D eigenvalue weighted by Gasteiger charge is 2.48. The number of carbonyl (C=O) groups is 1. The van der Waals surface area contributed by atoms with E-state index < -0.39 is 43.0 Å². The molecule has 1 aliphatic carbocycles. The first kappa shape index (κ1) is 23.0. The van der Waals surface area contributed by atoms with Gasteiger partial charge in [-0.3, -0.25) is 0 Å². The van der Waals surface area contributed by atoms with Crippen molar-refractivity contribution in [1.82, 2.24) is 15.0 Å². The molecule has 2 aromatic rings. The summed E-state index contributed by atoms with van der Waals surface area (Å²) in [6.07, 6.45) is 2.50. The third-order valence-electron chi connectivity index (χ3n) is 5.66. The second-order valence-electron chi connectivity index (χ2n) is 7.97. The van der Waals surface area contributed by atoms with Gasteiger partial charge in [0.1, 0.15) is 30.5 Å². The molecule has 1 aromatic carbocycles. The van der Waals surface area contributed by atoms with Crippen molar-refractivity contribution in [3.8, 4) is 0 Å². The number of nitrogens with zero attached hydrogens (tertiary/aromatic N) is 3. The molecule has 0 spiro atoms. The molecule has 2 aliphatic rings. The van der Waals surface area contributed by atoms with E-state index in [1.165, 1.54) is 4.68 Å². The highest BCUT2D eigenvalue weighted by Crippen LogP contribution is 2.40. The largest absolute Gasteiger partial charge is 0.493 e. The number of hydrogen-bond donors (Lipinski definition) is 3. The minimum absolute atomic E-state index is 0.312. The third-order valence-corrected chi connectivity index (χ3v) is 6.40. The Morgan fingerprint density at radius 3 is 2.72 bits per heavy atom. The van der Waals surface area contributed by atoms with Gasteiger partial charge in [0.2, 0.25) is 0 Å². The SMILES string of the molecule is O=C(O)/C=C/O[C@@H]1[C@@H](n2cc(C3CC3)nn2)[C@@H](O)[C@@H](CO)O[C@@H]1Cc1ccc(Cl)c(Cl)c1. The Kier molecular flexibility index (Phi) is 7.02. The van der Waals surface area contributed by atoms with Gasteiger partial charge in [-0.2, -0.15) is 0 Å². The highest BCUT2D eigenvalue weighted by molar-refractivity contribution is 6.42. The zero-order valence-corrected chi connectivity index (χ0v) is 18.4. The lowest BCUT2D eigenvalue weighted by molar-refractivity contribution is -0.206.